The Labute approximate surface area is 103 Å². The molecule has 0 aromatic heterocycles. The third kappa shape index (κ3) is 7.33. The molecule has 0 unspecified atom stereocenters. The highest BCUT2D eigenvalue weighted by molar-refractivity contribution is 7.91. The number of sulfone groups is 1. The first-order valence-electron chi connectivity index (χ1n) is 6.03. The van der Waals surface area contributed by atoms with Gasteiger partial charge in [0.25, 0.3) is 0 Å². The molecule has 1 rings (SSSR count). The van der Waals surface area contributed by atoms with Crippen molar-refractivity contribution >= 4 is 15.7 Å². The molecule has 1 aliphatic heterocycles. The highest BCUT2D eigenvalue weighted by Crippen LogP contribution is 2.17. The molecular formula is C11H21NO4S. The molecule has 0 aliphatic carbocycles. The summed E-state index contributed by atoms with van der Waals surface area (Å²) in [5.74, 6) is -0.830. The molecule has 1 atom stereocenters. The Morgan fingerprint density at radius 3 is 2.76 bits per heavy atom. The summed E-state index contributed by atoms with van der Waals surface area (Å²) < 4.78 is 27.1. The van der Waals surface area contributed by atoms with Gasteiger partial charge in [0.05, 0.1) is 6.10 Å². The van der Waals surface area contributed by atoms with Crippen molar-refractivity contribution in [2.75, 3.05) is 25.2 Å². The van der Waals surface area contributed by atoms with Crippen LogP contribution >= 0.6 is 0 Å². The van der Waals surface area contributed by atoms with Gasteiger partial charge in [0.15, 0.2) is 9.84 Å². The van der Waals surface area contributed by atoms with Gasteiger partial charge in [0.1, 0.15) is 5.75 Å². The Kier molecular flexibility index (Phi) is 5.91. The van der Waals surface area contributed by atoms with E-state index in [4.69, 9.17) is 4.74 Å². The largest absolute Gasteiger partial charge is 0.378 e. The standard InChI is InChI=1S/C11H21NO4S/c1-17(14,15)9-11(13)12-7-3-2-5-10-6-4-8-16-10/h10H,2-9H2,1H3,(H,12,13)/t10-/m0/s1. The molecule has 6 heteroatoms. The summed E-state index contributed by atoms with van der Waals surface area (Å²) in [6.45, 7) is 1.41. The molecule has 1 fully saturated rings. The van der Waals surface area contributed by atoms with Gasteiger partial charge in [-0.1, -0.05) is 0 Å². The molecule has 1 heterocycles. The van der Waals surface area contributed by atoms with Crippen molar-refractivity contribution in [2.24, 2.45) is 0 Å². The Morgan fingerprint density at radius 1 is 1.41 bits per heavy atom. The molecule has 0 radical (unpaired) electrons. The molecule has 0 aromatic carbocycles. The van der Waals surface area contributed by atoms with Crippen LogP contribution in [0.1, 0.15) is 32.1 Å². The number of carbonyl (C=O) groups is 1. The van der Waals surface area contributed by atoms with Gasteiger partial charge in [-0.3, -0.25) is 4.79 Å². The van der Waals surface area contributed by atoms with Crippen molar-refractivity contribution in [3.63, 3.8) is 0 Å². The normalized spacial score (nSPS) is 20.4. The van der Waals surface area contributed by atoms with E-state index in [-0.39, 0.29) is 0 Å². The minimum atomic E-state index is -3.21. The fourth-order valence-electron chi connectivity index (χ4n) is 1.89. The number of hydrogen-bond acceptors (Lipinski definition) is 4. The second-order valence-electron chi connectivity index (χ2n) is 4.55. The summed E-state index contributed by atoms with van der Waals surface area (Å²) in [5, 5.41) is 2.61. The Bertz CT molecular complexity index is 333. The lowest BCUT2D eigenvalue weighted by molar-refractivity contribution is -0.118. The van der Waals surface area contributed by atoms with Crippen molar-refractivity contribution in [1.82, 2.24) is 5.32 Å². The molecule has 1 aliphatic rings. The van der Waals surface area contributed by atoms with Crippen LogP contribution in [0.4, 0.5) is 0 Å². The maximum atomic E-state index is 11.2. The molecule has 0 bridgehead atoms. The number of ether oxygens (including phenoxy) is 1. The van der Waals surface area contributed by atoms with Crippen LogP contribution in [-0.4, -0.2) is 45.6 Å². The second-order valence-corrected chi connectivity index (χ2v) is 6.69. The summed E-state index contributed by atoms with van der Waals surface area (Å²) in [7, 11) is -3.21. The number of nitrogens with one attached hydrogen (secondary N) is 1. The van der Waals surface area contributed by atoms with E-state index in [9.17, 15) is 13.2 Å². The monoisotopic (exact) mass is 263 g/mol. The minimum absolute atomic E-state index is 0.390. The van der Waals surface area contributed by atoms with E-state index >= 15 is 0 Å². The molecule has 1 N–H and O–H groups in total. The molecule has 1 amide bonds. The van der Waals surface area contributed by atoms with E-state index in [1.807, 2.05) is 0 Å². The Morgan fingerprint density at radius 2 is 2.18 bits per heavy atom. The van der Waals surface area contributed by atoms with Gasteiger partial charge in [-0.25, -0.2) is 8.42 Å². The lowest BCUT2D eigenvalue weighted by Crippen LogP contribution is -2.30. The first kappa shape index (κ1) is 14.4. The van der Waals surface area contributed by atoms with E-state index in [1.54, 1.807) is 0 Å². The summed E-state index contributed by atoms with van der Waals surface area (Å²) in [5.41, 5.74) is 0. The van der Waals surface area contributed by atoms with Crippen LogP contribution in [-0.2, 0) is 19.4 Å². The highest BCUT2D eigenvalue weighted by Gasteiger charge is 2.14. The SMILES string of the molecule is CS(=O)(=O)CC(=O)NCCCC[C@H]1CCCO1. The van der Waals surface area contributed by atoms with E-state index in [0.29, 0.717) is 12.6 Å². The van der Waals surface area contributed by atoms with E-state index in [0.717, 1.165) is 45.0 Å². The number of unbranched alkanes of at least 4 members (excludes halogenated alkanes) is 1. The van der Waals surface area contributed by atoms with Crippen LogP contribution < -0.4 is 5.32 Å². The minimum Gasteiger partial charge on any atom is -0.378 e. The van der Waals surface area contributed by atoms with E-state index in [2.05, 4.69) is 5.32 Å². The van der Waals surface area contributed by atoms with Crippen LogP contribution in [0.15, 0.2) is 0 Å². The molecule has 1 saturated heterocycles. The molecule has 17 heavy (non-hydrogen) atoms. The molecular weight excluding hydrogens is 242 g/mol. The zero-order valence-electron chi connectivity index (χ0n) is 10.3. The zero-order chi connectivity index (χ0) is 12.7. The van der Waals surface area contributed by atoms with Gasteiger partial charge in [-0.15, -0.1) is 0 Å². The predicted octanol–water partition coefficient (Wildman–Crippen LogP) is 0.496. The summed E-state index contributed by atoms with van der Waals surface area (Å²) >= 11 is 0. The average molecular weight is 263 g/mol. The van der Waals surface area contributed by atoms with Crippen molar-refractivity contribution in [3.8, 4) is 0 Å². The van der Waals surface area contributed by atoms with Crippen molar-refractivity contribution < 1.29 is 17.9 Å². The maximum absolute atomic E-state index is 11.2. The quantitative estimate of drug-likeness (QED) is 0.679. The van der Waals surface area contributed by atoms with Crippen molar-refractivity contribution in [2.45, 2.75) is 38.2 Å². The van der Waals surface area contributed by atoms with Gasteiger partial charge >= 0.3 is 0 Å². The van der Waals surface area contributed by atoms with Crippen molar-refractivity contribution in [3.05, 3.63) is 0 Å². The first-order valence-corrected chi connectivity index (χ1v) is 8.09. The van der Waals surface area contributed by atoms with E-state index in [1.165, 1.54) is 0 Å². The number of rotatable bonds is 7. The third-order valence-electron chi connectivity index (χ3n) is 2.69. The van der Waals surface area contributed by atoms with Crippen LogP contribution in [0.25, 0.3) is 0 Å². The fraction of sp³-hybridized carbons (Fsp3) is 0.909. The van der Waals surface area contributed by atoms with Gasteiger partial charge in [-0.05, 0) is 32.1 Å². The maximum Gasteiger partial charge on any atom is 0.235 e. The Balaban J connectivity index is 1.98. The predicted molar refractivity (Wildman–Crippen MR) is 65.5 cm³/mol. The first-order chi connectivity index (χ1) is 7.97. The smallest absolute Gasteiger partial charge is 0.235 e. The summed E-state index contributed by atoms with van der Waals surface area (Å²) in [4.78, 5) is 11.2. The number of hydrogen-bond donors (Lipinski definition) is 1. The molecule has 5 nitrogen and oxygen atoms in total. The van der Waals surface area contributed by atoms with Crippen molar-refractivity contribution in [1.29, 1.82) is 0 Å². The zero-order valence-corrected chi connectivity index (χ0v) is 11.1. The van der Waals surface area contributed by atoms with Gasteiger partial charge in [-0.2, -0.15) is 0 Å². The second kappa shape index (κ2) is 6.96. The summed E-state index contributed by atoms with van der Waals surface area (Å²) in [6.07, 6.45) is 6.64. The molecule has 0 spiro atoms. The van der Waals surface area contributed by atoms with Gasteiger partial charge in [0.2, 0.25) is 5.91 Å². The number of carbonyl (C=O) groups excluding carboxylic acids is 1. The molecule has 100 valence electrons. The van der Waals surface area contributed by atoms with Crippen LogP contribution in [0.3, 0.4) is 0 Å². The topological polar surface area (TPSA) is 72.5 Å². The lowest BCUT2D eigenvalue weighted by atomic mass is 10.1. The van der Waals surface area contributed by atoms with E-state index < -0.39 is 21.5 Å². The van der Waals surface area contributed by atoms with Crippen LogP contribution in [0.5, 0.6) is 0 Å². The van der Waals surface area contributed by atoms with Gasteiger partial charge < -0.3 is 10.1 Å². The van der Waals surface area contributed by atoms with Gasteiger partial charge in [0, 0.05) is 19.4 Å². The average Bonchev–Trinajstić information content (AvgIpc) is 2.67. The summed E-state index contributed by atoms with van der Waals surface area (Å²) in [6, 6.07) is 0. The Hall–Kier alpha value is -0.620. The number of amides is 1. The lowest BCUT2D eigenvalue weighted by Gasteiger charge is -2.09. The third-order valence-corrected chi connectivity index (χ3v) is 3.48. The fourth-order valence-corrected chi connectivity index (χ4v) is 2.46. The van der Waals surface area contributed by atoms with Crippen LogP contribution in [0.2, 0.25) is 0 Å². The highest BCUT2D eigenvalue weighted by atomic mass is 32.2. The molecule has 0 saturated carbocycles. The van der Waals surface area contributed by atoms with Crippen LogP contribution in [0, 0.1) is 0 Å². The molecule has 0 aromatic rings.